The van der Waals surface area contributed by atoms with Crippen LogP contribution in [0.15, 0.2) is 194 Å². The van der Waals surface area contributed by atoms with Gasteiger partial charge in [0.1, 0.15) is 0 Å². The molecule has 0 fully saturated rings. The van der Waals surface area contributed by atoms with Gasteiger partial charge in [-0.05, 0) is 62.6 Å². The number of hydrogen-bond acceptors (Lipinski definition) is 3. The Balaban J connectivity index is 0.973. The lowest BCUT2D eigenvalue weighted by Gasteiger charge is -2.33. The quantitative estimate of drug-likeness (QED) is 0.176. The third-order valence-corrected chi connectivity index (χ3v) is 10.8. The van der Waals surface area contributed by atoms with E-state index in [1.165, 1.54) is 44.5 Å². The second-order valence-corrected chi connectivity index (χ2v) is 13.9. The van der Waals surface area contributed by atoms with Crippen LogP contribution in [-0.2, 0) is 6.42 Å². The van der Waals surface area contributed by atoms with E-state index in [2.05, 4.69) is 127 Å². The molecule has 3 aliphatic carbocycles. The molecule has 6 aromatic carbocycles. The van der Waals surface area contributed by atoms with Gasteiger partial charge >= 0.3 is 0 Å². The largest absolute Gasteiger partial charge is 0.208 e. The van der Waals surface area contributed by atoms with Gasteiger partial charge in [-0.3, -0.25) is 0 Å². The number of allylic oxidation sites excluding steroid dienone is 8. The molecule has 3 nitrogen and oxygen atoms in total. The first-order valence-electron chi connectivity index (χ1n) is 18.3. The summed E-state index contributed by atoms with van der Waals surface area (Å²) in [5.74, 6) is 2.73. The van der Waals surface area contributed by atoms with Crippen molar-refractivity contribution in [1.82, 2.24) is 15.0 Å². The zero-order chi connectivity index (χ0) is 35.1. The van der Waals surface area contributed by atoms with E-state index in [-0.39, 0.29) is 0 Å². The Morgan fingerprint density at radius 1 is 0.396 bits per heavy atom. The lowest BCUT2D eigenvalue weighted by Crippen LogP contribution is -2.20. The third kappa shape index (κ3) is 5.68. The molecular weight excluding hydrogens is 643 g/mol. The summed E-state index contributed by atoms with van der Waals surface area (Å²) >= 11 is 0. The Bertz CT molecular complexity index is 2540. The number of nitrogens with zero attached hydrogens (tertiary/aromatic N) is 3. The average molecular weight is 678 g/mol. The molecule has 7 aromatic rings. The van der Waals surface area contributed by atoms with E-state index in [4.69, 9.17) is 15.0 Å². The molecule has 0 spiro atoms. The fourth-order valence-corrected chi connectivity index (χ4v) is 8.22. The van der Waals surface area contributed by atoms with Crippen LogP contribution in [0.3, 0.4) is 0 Å². The van der Waals surface area contributed by atoms with Gasteiger partial charge in [0.05, 0.1) is 0 Å². The maximum Gasteiger partial charge on any atom is 0.164 e. The molecule has 0 aliphatic heterocycles. The zero-order valence-corrected chi connectivity index (χ0v) is 29.1. The lowest BCUT2D eigenvalue weighted by atomic mass is 9.71. The van der Waals surface area contributed by atoms with Gasteiger partial charge in [-0.15, -0.1) is 0 Å². The lowest BCUT2D eigenvalue weighted by molar-refractivity contribution is 0.633. The van der Waals surface area contributed by atoms with Crippen LogP contribution in [0.25, 0.3) is 67.6 Å². The van der Waals surface area contributed by atoms with Crippen molar-refractivity contribution in [2.75, 3.05) is 0 Å². The van der Waals surface area contributed by atoms with Crippen molar-refractivity contribution in [3.8, 4) is 56.4 Å². The molecule has 1 heterocycles. The maximum absolute atomic E-state index is 4.91. The highest BCUT2D eigenvalue weighted by molar-refractivity contribution is 5.98. The Morgan fingerprint density at radius 2 is 0.868 bits per heavy atom. The van der Waals surface area contributed by atoms with Gasteiger partial charge in [0, 0.05) is 28.5 Å². The number of fused-ring (bicyclic) bond motifs is 4. The molecule has 3 heteroatoms. The molecule has 53 heavy (non-hydrogen) atoms. The molecule has 2 atom stereocenters. The summed E-state index contributed by atoms with van der Waals surface area (Å²) < 4.78 is 0. The van der Waals surface area contributed by atoms with Gasteiger partial charge in [-0.25, -0.2) is 15.0 Å². The van der Waals surface area contributed by atoms with Gasteiger partial charge in [0.25, 0.3) is 0 Å². The molecule has 250 valence electrons. The minimum absolute atomic E-state index is 0.367. The molecule has 0 N–H and O–H groups in total. The molecule has 2 unspecified atom stereocenters. The summed E-state index contributed by atoms with van der Waals surface area (Å²) in [6, 6.07) is 55.5. The molecular formula is C50H35N3. The van der Waals surface area contributed by atoms with E-state index >= 15 is 0 Å². The smallest absolute Gasteiger partial charge is 0.164 e. The fourth-order valence-electron chi connectivity index (χ4n) is 8.22. The van der Waals surface area contributed by atoms with Crippen LogP contribution in [0.1, 0.15) is 16.7 Å². The molecule has 1 aromatic heterocycles. The first-order valence-corrected chi connectivity index (χ1v) is 18.3. The first kappa shape index (κ1) is 31.1. The number of aromatic nitrogens is 3. The van der Waals surface area contributed by atoms with E-state index in [1.807, 2.05) is 60.7 Å². The summed E-state index contributed by atoms with van der Waals surface area (Å²) in [6.07, 6.45) is 12.7. The molecule has 3 aliphatic rings. The number of benzene rings is 6. The number of rotatable bonds is 6. The van der Waals surface area contributed by atoms with Crippen molar-refractivity contribution in [2.45, 2.75) is 6.42 Å². The molecule has 10 rings (SSSR count). The van der Waals surface area contributed by atoms with Crippen molar-refractivity contribution in [3.63, 3.8) is 0 Å². The Labute approximate surface area is 310 Å². The van der Waals surface area contributed by atoms with Crippen molar-refractivity contribution < 1.29 is 0 Å². The fraction of sp³-hybridized carbons (Fsp3) is 0.0600. The van der Waals surface area contributed by atoms with E-state index < -0.39 is 0 Å². The van der Waals surface area contributed by atoms with Crippen molar-refractivity contribution in [2.24, 2.45) is 11.8 Å². The molecule has 0 bridgehead atoms. The number of hydrogen-bond donors (Lipinski definition) is 0. The standard InChI is InChI=1S/C50H35N3/c1-4-13-35(14-5-1)44-32-46-45(43-21-11-10-20-42(43)44)31-40-19-12-22-41(47(40)46)36-27-23-33(24-28-36)34-25-29-39(30-26-34)50-52-48(37-15-6-2-7-16-37)51-49(53-50)38-17-8-3-9-18-38/h1-30,32,42-43H,31H2. The maximum atomic E-state index is 4.91. The Kier molecular flexibility index (Phi) is 7.69. The normalized spacial score (nSPS) is 16.9. The van der Waals surface area contributed by atoms with Gasteiger partial charge < -0.3 is 0 Å². The van der Waals surface area contributed by atoms with Crippen LogP contribution in [0.2, 0.25) is 0 Å². The van der Waals surface area contributed by atoms with Crippen molar-refractivity contribution in [3.05, 3.63) is 210 Å². The van der Waals surface area contributed by atoms with E-state index in [0.29, 0.717) is 29.3 Å². The topological polar surface area (TPSA) is 38.7 Å². The van der Waals surface area contributed by atoms with E-state index in [1.54, 1.807) is 5.57 Å². The minimum atomic E-state index is 0.367. The highest BCUT2D eigenvalue weighted by Gasteiger charge is 2.36. The van der Waals surface area contributed by atoms with Gasteiger partial charge in [-0.2, -0.15) is 0 Å². The van der Waals surface area contributed by atoms with E-state index in [0.717, 1.165) is 28.7 Å². The second-order valence-electron chi connectivity index (χ2n) is 13.9. The predicted molar refractivity (Wildman–Crippen MR) is 217 cm³/mol. The monoisotopic (exact) mass is 677 g/mol. The zero-order valence-electron chi connectivity index (χ0n) is 29.1. The van der Waals surface area contributed by atoms with Crippen molar-refractivity contribution in [1.29, 1.82) is 0 Å². The Hall–Kier alpha value is -6.71. The van der Waals surface area contributed by atoms with Gasteiger partial charge in [-0.1, -0.05) is 188 Å². The summed E-state index contributed by atoms with van der Waals surface area (Å²) in [7, 11) is 0. The summed E-state index contributed by atoms with van der Waals surface area (Å²) in [6.45, 7) is 0. The van der Waals surface area contributed by atoms with Crippen LogP contribution in [0, 0.1) is 11.8 Å². The predicted octanol–water partition coefficient (Wildman–Crippen LogP) is 12.0. The summed E-state index contributed by atoms with van der Waals surface area (Å²) in [4.78, 5) is 14.7. The summed E-state index contributed by atoms with van der Waals surface area (Å²) in [5.41, 5.74) is 16.2. The SMILES string of the molecule is C1=CC2C(c3ccccc3)=CC3=C(Cc4cccc(-c5ccc(-c6ccc(-c7nc(-c8ccccc8)nc(-c8ccccc8)n7)cc6)cc5)c43)C2C=C1. The molecule has 0 saturated heterocycles. The molecule has 0 amide bonds. The summed E-state index contributed by atoms with van der Waals surface area (Å²) in [5, 5.41) is 0. The van der Waals surface area contributed by atoms with Crippen LogP contribution < -0.4 is 0 Å². The van der Waals surface area contributed by atoms with Gasteiger partial charge in [0.2, 0.25) is 0 Å². The average Bonchev–Trinajstić information content (AvgIpc) is 3.64. The molecule has 0 radical (unpaired) electrons. The second kappa shape index (κ2) is 13.1. The van der Waals surface area contributed by atoms with Crippen LogP contribution in [0.4, 0.5) is 0 Å². The first-order chi connectivity index (χ1) is 26.3. The Morgan fingerprint density at radius 3 is 1.43 bits per heavy atom. The third-order valence-electron chi connectivity index (χ3n) is 10.8. The highest BCUT2D eigenvalue weighted by atomic mass is 15.0. The van der Waals surface area contributed by atoms with E-state index in [9.17, 15) is 0 Å². The van der Waals surface area contributed by atoms with Crippen LogP contribution in [0.5, 0.6) is 0 Å². The van der Waals surface area contributed by atoms with Gasteiger partial charge in [0.15, 0.2) is 17.5 Å². The minimum Gasteiger partial charge on any atom is -0.208 e. The molecule has 0 saturated carbocycles. The van der Waals surface area contributed by atoms with Crippen LogP contribution in [-0.4, -0.2) is 15.0 Å². The van der Waals surface area contributed by atoms with Crippen molar-refractivity contribution >= 4 is 11.1 Å². The highest BCUT2D eigenvalue weighted by Crippen LogP contribution is 2.52. The van der Waals surface area contributed by atoms with Crippen LogP contribution >= 0.6 is 0 Å².